The Morgan fingerprint density at radius 3 is 1.93 bits per heavy atom. The quantitative estimate of drug-likeness (QED) is 0.172. The van der Waals surface area contributed by atoms with E-state index in [1.54, 1.807) is 0 Å². The van der Waals surface area contributed by atoms with E-state index < -0.39 is 56.6 Å². The minimum absolute atomic E-state index is 0.0361. The number of primary amides is 1. The zero-order chi connectivity index (χ0) is 31.6. The van der Waals surface area contributed by atoms with Gasteiger partial charge >= 0.3 is 12.4 Å². The maximum Gasteiger partial charge on any atom is 0.416 e. The molecule has 0 saturated carbocycles. The molecule has 0 radical (unpaired) electrons. The van der Waals surface area contributed by atoms with Gasteiger partial charge < -0.3 is 10.5 Å². The van der Waals surface area contributed by atoms with Crippen LogP contribution in [0.2, 0.25) is 0 Å². The van der Waals surface area contributed by atoms with Gasteiger partial charge in [0.05, 0.1) is 34.9 Å². The molecule has 1 heterocycles. The predicted octanol–water partition coefficient (Wildman–Crippen LogP) is 4.98. The van der Waals surface area contributed by atoms with Crippen LogP contribution in [0.5, 0.6) is 0 Å². The summed E-state index contributed by atoms with van der Waals surface area (Å²) in [7, 11) is -4.14. The number of hydrogen-bond donors (Lipinski definition) is 1. The molecule has 15 heteroatoms. The lowest BCUT2D eigenvalue weighted by Crippen LogP contribution is -2.40. The number of halogens is 6. The molecule has 0 bridgehead atoms. The summed E-state index contributed by atoms with van der Waals surface area (Å²) in [5.74, 6) is -2.71. The highest BCUT2D eigenvalue weighted by atomic mass is 32.2. The van der Waals surface area contributed by atoms with Crippen molar-refractivity contribution < 1.29 is 49.1 Å². The topological polar surface area (TPSA) is 110 Å². The number of ether oxygens (including phenoxy) is 1. The number of rotatable bonds is 7. The van der Waals surface area contributed by atoms with Crippen molar-refractivity contribution in [3.63, 3.8) is 0 Å². The summed E-state index contributed by atoms with van der Waals surface area (Å²) in [6.45, 7) is 0.342. The fourth-order valence-corrected chi connectivity index (χ4v) is 5.70. The van der Waals surface area contributed by atoms with Crippen LogP contribution in [0, 0.1) is 0 Å². The molecular formula is C28H23F6N3O5S. The second-order valence-electron chi connectivity index (χ2n) is 9.25. The van der Waals surface area contributed by atoms with E-state index in [0.29, 0.717) is 17.0 Å². The second-order valence-corrected chi connectivity index (χ2v) is 11.2. The largest absolute Gasteiger partial charge is 0.416 e. The van der Waals surface area contributed by atoms with Crippen molar-refractivity contribution in [3.05, 3.63) is 95.1 Å². The van der Waals surface area contributed by atoms with Crippen LogP contribution < -0.4 is 10.6 Å². The van der Waals surface area contributed by atoms with Gasteiger partial charge in [-0.3, -0.25) is 14.5 Å². The Balaban J connectivity index is 1.88. The van der Waals surface area contributed by atoms with Crippen LogP contribution in [0.15, 0.2) is 83.3 Å². The van der Waals surface area contributed by atoms with Crippen molar-refractivity contribution in [1.82, 2.24) is 4.31 Å². The van der Waals surface area contributed by atoms with Gasteiger partial charge in [0.15, 0.2) is 0 Å². The summed E-state index contributed by atoms with van der Waals surface area (Å²) in [6.07, 6.45) is -8.82. The van der Waals surface area contributed by atoms with E-state index in [9.17, 15) is 44.3 Å². The van der Waals surface area contributed by atoms with Crippen molar-refractivity contribution in [2.75, 3.05) is 31.2 Å². The van der Waals surface area contributed by atoms with E-state index in [1.165, 1.54) is 18.2 Å². The molecule has 0 spiro atoms. The molecule has 0 aromatic heterocycles. The minimum atomic E-state index is -4.84. The number of sulfonamides is 1. The fourth-order valence-electron chi connectivity index (χ4n) is 4.25. The van der Waals surface area contributed by atoms with Crippen LogP contribution in [0.3, 0.4) is 0 Å². The van der Waals surface area contributed by atoms with E-state index in [1.807, 2.05) is 0 Å². The van der Waals surface area contributed by atoms with Gasteiger partial charge in [0.1, 0.15) is 5.57 Å². The van der Waals surface area contributed by atoms with Crippen LogP contribution >= 0.6 is 0 Å². The third-order valence-electron chi connectivity index (χ3n) is 6.34. The first-order chi connectivity index (χ1) is 20.1. The Morgan fingerprint density at radius 2 is 1.35 bits per heavy atom. The lowest BCUT2D eigenvalue weighted by Gasteiger charge is -2.28. The lowest BCUT2D eigenvalue weighted by atomic mass is 10.0. The smallest absolute Gasteiger partial charge is 0.379 e. The van der Waals surface area contributed by atoms with Gasteiger partial charge in [-0.25, -0.2) is 8.42 Å². The number of alkyl halides is 6. The number of carbonyl (C=O) groups excluding carboxylic acids is 2. The van der Waals surface area contributed by atoms with Gasteiger partial charge in [-0.2, -0.15) is 30.6 Å². The number of carbonyl (C=O) groups is 2. The molecule has 1 aliphatic heterocycles. The number of hydrogen-bond acceptors (Lipinski definition) is 5. The first-order valence-corrected chi connectivity index (χ1v) is 13.9. The summed E-state index contributed by atoms with van der Waals surface area (Å²) in [5.41, 5.74) is 1.38. The van der Waals surface area contributed by atoms with Crippen molar-refractivity contribution in [1.29, 1.82) is 0 Å². The Labute approximate surface area is 242 Å². The van der Waals surface area contributed by atoms with Crippen molar-refractivity contribution >= 4 is 39.3 Å². The van der Waals surface area contributed by atoms with Gasteiger partial charge in [-0.1, -0.05) is 24.3 Å². The van der Waals surface area contributed by atoms with Gasteiger partial charge in [-0.05, 0) is 60.2 Å². The Morgan fingerprint density at radius 1 is 0.814 bits per heavy atom. The molecule has 2 amide bonds. The summed E-state index contributed by atoms with van der Waals surface area (Å²) in [5, 5.41) is 0. The third-order valence-corrected chi connectivity index (χ3v) is 8.23. The Hall–Kier alpha value is -4.21. The first-order valence-electron chi connectivity index (χ1n) is 12.5. The Bertz CT molecular complexity index is 1670. The molecule has 1 aliphatic rings. The van der Waals surface area contributed by atoms with E-state index in [4.69, 9.17) is 10.5 Å². The molecule has 0 unspecified atom stereocenters. The highest BCUT2D eigenvalue weighted by Gasteiger charge is 2.34. The highest BCUT2D eigenvalue weighted by Crippen LogP contribution is 2.36. The maximum absolute atomic E-state index is 13.9. The molecule has 0 aliphatic carbocycles. The monoisotopic (exact) mass is 627 g/mol. The molecule has 43 heavy (non-hydrogen) atoms. The molecule has 1 saturated heterocycles. The average Bonchev–Trinajstić information content (AvgIpc) is 2.96. The molecule has 4 rings (SSSR count). The maximum atomic E-state index is 13.9. The fraction of sp³-hybridized carbons (Fsp3) is 0.214. The SMILES string of the molecule is NC(=O)/C(=C/c1cccc(C(F)(F)F)c1)C(=O)N(c1cccc(C(F)(F)F)c1)c1cccc(S(=O)(=O)N2CCOCC2)c1. The summed E-state index contributed by atoms with van der Waals surface area (Å²) in [4.78, 5) is 26.6. The lowest BCUT2D eigenvalue weighted by molar-refractivity contribution is -0.138. The van der Waals surface area contributed by atoms with Crippen molar-refractivity contribution in [3.8, 4) is 0 Å². The zero-order valence-electron chi connectivity index (χ0n) is 22.0. The van der Waals surface area contributed by atoms with Gasteiger partial charge in [0, 0.05) is 18.8 Å². The van der Waals surface area contributed by atoms with Crippen LogP contribution in [-0.4, -0.2) is 50.8 Å². The predicted molar refractivity (Wildman–Crippen MR) is 143 cm³/mol. The van der Waals surface area contributed by atoms with Crippen LogP contribution in [-0.2, 0) is 36.7 Å². The summed E-state index contributed by atoms with van der Waals surface area (Å²) in [6, 6.07) is 11.8. The molecule has 3 aromatic carbocycles. The third kappa shape index (κ3) is 7.24. The summed E-state index contributed by atoms with van der Waals surface area (Å²) >= 11 is 0. The summed E-state index contributed by atoms with van der Waals surface area (Å²) < 4.78 is 113. The van der Waals surface area contributed by atoms with Crippen molar-refractivity contribution in [2.24, 2.45) is 5.73 Å². The van der Waals surface area contributed by atoms with E-state index in [0.717, 1.165) is 52.8 Å². The van der Waals surface area contributed by atoms with Gasteiger partial charge in [-0.15, -0.1) is 0 Å². The molecule has 0 atom stereocenters. The molecule has 228 valence electrons. The molecule has 2 N–H and O–H groups in total. The van der Waals surface area contributed by atoms with Gasteiger partial charge in [0.25, 0.3) is 11.8 Å². The van der Waals surface area contributed by atoms with Crippen molar-refractivity contribution in [2.45, 2.75) is 17.2 Å². The first kappa shape index (κ1) is 31.7. The standard InChI is InChI=1S/C28H23F6N3O5S/c29-27(30,31)19-5-1-4-18(14-19)15-24(25(35)38)26(39)37(21-7-2-6-20(16-21)28(32,33)34)22-8-3-9-23(17-22)43(40,41)36-10-12-42-13-11-36/h1-9,14-17H,10-13H2,(H2,35,38)/b24-15-. The highest BCUT2D eigenvalue weighted by molar-refractivity contribution is 7.89. The molecule has 3 aromatic rings. The number of amides is 2. The van der Waals surface area contributed by atoms with Crippen LogP contribution in [0.25, 0.3) is 6.08 Å². The minimum Gasteiger partial charge on any atom is -0.379 e. The van der Waals surface area contributed by atoms with E-state index in [-0.39, 0.29) is 42.4 Å². The number of benzene rings is 3. The zero-order valence-corrected chi connectivity index (χ0v) is 22.8. The average molecular weight is 628 g/mol. The molecule has 8 nitrogen and oxygen atoms in total. The van der Waals surface area contributed by atoms with E-state index in [2.05, 4.69) is 0 Å². The van der Waals surface area contributed by atoms with E-state index >= 15 is 0 Å². The van der Waals surface area contributed by atoms with Crippen LogP contribution in [0.4, 0.5) is 37.7 Å². The van der Waals surface area contributed by atoms with Gasteiger partial charge in [0.2, 0.25) is 10.0 Å². The number of anilines is 2. The number of morpholine rings is 1. The molecule has 1 fully saturated rings. The number of nitrogens with two attached hydrogens (primary N) is 1. The normalized spacial score (nSPS) is 15.3. The number of nitrogens with zero attached hydrogens (tertiary/aromatic N) is 2. The second kappa shape index (κ2) is 12.2. The Kier molecular flexibility index (Phi) is 8.99. The van der Waals surface area contributed by atoms with Crippen LogP contribution in [0.1, 0.15) is 16.7 Å². The molecular weight excluding hydrogens is 604 g/mol.